The lowest BCUT2D eigenvalue weighted by Gasteiger charge is -2.20. The molecule has 0 atom stereocenters. The largest absolute Gasteiger partial charge is 0.482 e. The highest BCUT2D eigenvalue weighted by atomic mass is 16.6. The van der Waals surface area contributed by atoms with E-state index in [0.717, 1.165) is 12.8 Å². The molecular formula is C12H18N4O3. The third-order valence-electron chi connectivity index (χ3n) is 2.56. The van der Waals surface area contributed by atoms with Crippen LogP contribution >= 0.6 is 0 Å². The number of amides is 2. The summed E-state index contributed by atoms with van der Waals surface area (Å²) in [5.74, 6) is 1.63. The van der Waals surface area contributed by atoms with Crippen molar-refractivity contribution in [3.05, 3.63) is 5.82 Å². The standard InChI is InChI=1S/C12H18N4O3/c1-3-4-5-13-12(17)16-10-9-11(15-8(2)14-10)19-7-6-18-9/h3-7H2,1-2H3,(H2,13,14,15,16,17). The zero-order chi connectivity index (χ0) is 13.7. The molecule has 1 aromatic rings. The Morgan fingerprint density at radius 3 is 2.89 bits per heavy atom. The van der Waals surface area contributed by atoms with E-state index in [0.29, 0.717) is 43.0 Å². The third-order valence-corrected chi connectivity index (χ3v) is 2.56. The fourth-order valence-electron chi connectivity index (χ4n) is 1.66. The van der Waals surface area contributed by atoms with Crippen molar-refractivity contribution in [1.82, 2.24) is 15.3 Å². The number of ether oxygens (including phenoxy) is 2. The van der Waals surface area contributed by atoms with Gasteiger partial charge in [0.1, 0.15) is 19.0 Å². The Kier molecular flexibility index (Phi) is 4.38. The Morgan fingerprint density at radius 1 is 1.32 bits per heavy atom. The van der Waals surface area contributed by atoms with Crippen molar-refractivity contribution in [3.63, 3.8) is 0 Å². The van der Waals surface area contributed by atoms with E-state index in [1.54, 1.807) is 6.92 Å². The van der Waals surface area contributed by atoms with Crippen molar-refractivity contribution >= 4 is 11.8 Å². The van der Waals surface area contributed by atoms with Crippen LogP contribution in [-0.4, -0.2) is 35.8 Å². The van der Waals surface area contributed by atoms with E-state index in [9.17, 15) is 4.79 Å². The van der Waals surface area contributed by atoms with Crippen molar-refractivity contribution in [3.8, 4) is 11.6 Å². The molecule has 0 aromatic carbocycles. The maximum Gasteiger partial charge on any atom is 0.320 e. The monoisotopic (exact) mass is 266 g/mol. The Morgan fingerprint density at radius 2 is 2.11 bits per heavy atom. The summed E-state index contributed by atoms with van der Waals surface area (Å²) in [5, 5.41) is 5.42. The zero-order valence-electron chi connectivity index (χ0n) is 11.2. The molecular weight excluding hydrogens is 248 g/mol. The molecule has 2 amide bonds. The molecule has 1 aromatic heterocycles. The van der Waals surface area contributed by atoms with Crippen LogP contribution in [0.5, 0.6) is 11.6 Å². The molecule has 0 saturated carbocycles. The van der Waals surface area contributed by atoms with Crippen LogP contribution in [0, 0.1) is 6.92 Å². The van der Waals surface area contributed by atoms with Crippen LogP contribution in [0.25, 0.3) is 0 Å². The van der Waals surface area contributed by atoms with Crippen molar-refractivity contribution in [2.45, 2.75) is 26.7 Å². The number of fused-ring (bicyclic) bond motifs is 1. The number of hydrogen-bond acceptors (Lipinski definition) is 5. The van der Waals surface area contributed by atoms with Gasteiger partial charge in [-0.3, -0.25) is 5.32 Å². The first-order chi connectivity index (χ1) is 9.20. The van der Waals surface area contributed by atoms with Crippen LogP contribution in [0.2, 0.25) is 0 Å². The van der Waals surface area contributed by atoms with E-state index in [4.69, 9.17) is 9.47 Å². The number of anilines is 1. The van der Waals surface area contributed by atoms with E-state index in [1.807, 2.05) is 0 Å². The Bertz CT molecular complexity index is 465. The lowest BCUT2D eigenvalue weighted by atomic mass is 10.3. The molecule has 0 bridgehead atoms. The van der Waals surface area contributed by atoms with Crippen LogP contribution in [0.1, 0.15) is 25.6 Å². The first-order valence-corrected chi connectivity index (χ1v) is 6.39. The molecule has 2 rings (SSSR count). The summed E-state index contributed by atoms with van der Waals surface area (Å²) in [4.78, 5) is 20.0. The van der Waals surface area contributed by atoms with E-state index < -0.39 is 0 Å². The zero-order valence-corrected chi connectivity index (χ0v) is 11.2. The molecule has 0 saturated heterocycles. The number of rotatable bonds is 4. The van der Waals surface area contributed by atoms with Crippen LogP contribution in [0.3, 0.4) is 0 Å². The van der Waals surface area contributed by atoms with Crippen LogP contribution in [0.4, 0.5) is 10.6 Å². The van der Waals surface area contributed by atoms with Gasteiger partial charge in [-0.05, 0) is 13.3 Å². The van der Waals surface area contributed by atoms with Gasteiger partial charge in [0.25, 0.3) is 5.88 Å². The third kappa shape index (κ3) is 3.46. The summed E-state index contributed by atoms with van der Waals surface area (Å²) in [5.41, 5.74) is 0. The van der Waals surface area contributed by atoms with Gasteiger partial charge in [0.05, 0.1) is 0 Å². The van der Waals surface area contributed by atoms with Crippen LogP contribution in [-0.2, 0) is 0 Å². The highest BCUT2D eigenvalue weighted by Crippen LogP contribution is 2.34. The molecule has 2 heterocycles. The summed E-state index contributed by atoms with van der Waals surface area (Å²) in [6.45, 7) is 5.30. The van der Waals surface area contributed by atoms with Crippen LogP contribution in [0.15, 0.2) is 0 Å². The Balaban J connectivity index is 2.07. The van der Waals surface area contributed by atoms with Gasteiger partial charge in [0.2, 0.25) is 5.75 Å². The fourth-order valence-corrected chi connectivity index (χ4v) is 1.66. The summed E-state index contributed by atoms with van der Waals surface area (Å²) in [6.07, 6.45) is 1.97. The number of nitrogens with zero attached hydrogens (tertiary/aromatic N) is 2. The van der Waals surface area contributed by atoms with Gasteiger partial charge >= 0.3 is 6.03 Å². The van der Waals surface area contributed by atoms with E-state index in [2.05, 4.69) is 27.5 Å². The Hall–Kier alpha value is -2.05. The van der Waals surface area contributed by atoms with Gasteiger partial charge in [0.15, 0.2) is 5.82 Å². The maximum atomic E-state index is 11.7. The highest BCUT2D eigenvalue weighted by molar-refractivity contribution is 5.90. The van der Waals surface area contributed by atoms with Gasteiger partial charge in [-0.2, -0.15) is 4.98 Å². The fraction of sp³-hybridized carbons (Fsp3) is 0.583. The highest BCUT2D eigenvalue weighted by Gasteiger charge is 2.21. The number of unbranched alkanes of at least 4 members (excludes halogenated alkanes) is 1. The predicted molar refractivity (Wildman–Crippen MR) is 69.7 cm³/mol. The number of aryl methyl sites for hydroxylation is 1. The lowest BCUT2D eigenvalue weighted by molar-refractivity contribution is 0.164. The minimum atomic E-state index is -0.303. The van der Waals surface area contributed by atoms with Gasteiger partial charge in [-0.15, -0.1) is 0 Å². The number of nitrogens with one attached hydrogen (secondary N) is 2. The number of hydrogen-bond donors (Lipinski definition) is 2. The first-order valence-electron chi connectivity index (χ1n) is 6.39. The van der Waals surface area contributed by atoms with Gasteiger partial charge in [-0.25, -0.2) is 9.78 Å². The quantitative estimate of drug-likeness (QED) is 0.806. The maximum absolute atomic E-state index is 11.7. The molecule has 7 nitrogen and oxygen atoms in total. The second-order valence-electron chi connectivity index (χ2n) is 4.19. The number of aromatic nitrogens is 2. The smallest absolute Gasteiger partial charge is 0.320 e. The summed E-state index contributed by atoms with van der Waals surface area (Å²) >= 11 is 0. The van der Waals surface area contributed by atoms with Crippen molar-refractivity contribution < 1.29 is 14.3 Å². The lowest BCUT2D eigenvalue weighted by Crippen LogP contribution is -2.30. The first kappa shape index (κ1) is 13.4. The summed E-state index contributed by atoms with van der Waals surface area (Å²) < 4.78 is 10.8. The van der Waals surface area contributed by atoms with Gasteiger partial charge in [-0.1, -0.05) is 13.3 Å². The molecule has 0 fully saturated rings. The topological polar surface area (TPSA) is 85.4 Å². The number of carbonyl (C=O) groups excluding carboxylic acids is 1. The molecule has 0 aliphatic carbocycles. The van der Waals surface area contributed by atoms with E-state index in [1.165, 1.54) is 0 Å². The average molecular weight is 266 g/mol. The van der Waals surface area contributed by atoms with E-state index >= 15 is 0 Å². The summed E-state index contributed by atoms with van der Waals surface area (Å²) in [7, 11) is 0. The molecule has 0 unspecified atom stereocenters. The molecule has 0 radical (unpaired) electrons. The predicted octanol–water partition coefficient (Wildman–Crippen LogP) is 1.48. The van der Waals surface area contributed by atoms with Gasteiger partial charge in [0, 0.05) is 6.54 Å². The van der Waals surface area contributed by atoms with Gasteiger partial charge < -0.3 is 14.8 Å². The second-order valence-corrected chi connectivity index (χ2v) is 4.19. The SMILES string of the molecule is CCCCNC(=O)Nc1nc(C)nc2c1OCCO2. The minimum absolute atomic E-state index is 0.303. The van der Waals surface area contributed by atoms with Crippen molar-refractivity contribution in [1.29, 1.82) is 0 Å². The number of carbonyl (C=O) groups is 1. The molecule has 2 N–H and O–H groups in total. The van der Waals surface area contributed by atoms with Crippen molar-refractivity contribution in [2.75, 3.05) is 25.1 Å². The second kappa shape index (κ2) is 6.21. The normalized spacial score (nSPS) is 12.9. The molecule has 104 valence electrons. The summed E-state index contributed by atoms with van der Waals surface area (Å²) in [6, 6.07) is -0.303. The van der Waals surface area contributed by atoms with Crippen molar-refractivity contribution in [2.24, 2.45) is 0 Å². The molecule has 19 heavy (non-hydrogen) atoms. The number of urea groups is 1. The molecule has 0 spiro atoms. The molecule has 7 heteroatoms. The molecule has 1 aliphatic heterocycles. The van der Waals surface area contributed by atoms with Crippen LogP contribution < -0.4 is 20.1 Å². The Labute approximate surface area is 111 Å². The average Bonchev–Trinajstić information content (AvgIpc) is 2.39. The molecule has 1 aliphatic rings. The minimum Gasteiger partial charge on any atom is -0.482 e. The van der Waals surface area contributed by atoms with E-state index in [-0.39, 0.29) is 6.03 Å².